The summed E-state index contributed by atoms with van der Waals surface area (Å²) in [4.78, 5) is 34.5. The largest absolute Gasteiger partial charge is 0.311 e. The smallest absolute Gasteiger partial charge is 0.236 e. The van der Waals surface area contributed by atoms with Gasteiger partial charge in [0.05, 0.1) is 11.4 Å². The van der Waals surface area contributed by atoms with Gasteiger partial charge in [-0.1, -0.05) is 24.8 Å². The molecule has 29 heavy (non-hydrogen) atoms. The number of thioether (sulfide) groups is 1. The molecular weight excluding hydrogens is 386 g/mol. The van der Waals surface area contributed by atoms with Crippen LogP contribution in [0.15, 0.2) is 47.9 Å². The fourth-order valence-electron chi connectivity index (χ4n) is 2.90. The lowest BCUT2D eigenvalue weighted by Crippen LogP contribution is -2.11. The molecule has 4 rings (SSSR count). The lowest BCUT2D eigenvalue weighted by atomic mass is 10.1. The van der Waals surface area contributed by atoms with Crippen molar-refractivity contribution in [1.29, 1.82) is 0 Å². The lowest BCUT2D eigenvalue weighted by molar-refractivity contribution is -0.115. The van der Waals surface area contributed by atoms with Gasteiger partial charge in [-0.2, -0.15) is 4.98 Å². The van der Waals surface area contributed by atoms with Gasteiger partial charge in [0.1, 0.15) is 17.2 Å². The average Bonchev–Trinajstić information content (AvgIpc) is 3.12. The number of aryl methyl sites for hydroxylation is 1. The maximum Gasteiger partial charge on any atom is 0.236 e. The SMILES string of the molecule is CCC(=O)Nc1ccn2c(-c3ccnc(SC)n3)c(-c3cccc(C)n3)nc2n1. The minimum absolute atomic E-state index is 0.102. The second kappa shape index (κ2) is 7.96. The van der Waals surface area contributed by atoms with Crippen molar-refractivity contribution in [2.75, 3.05) is 11.6 Å². The van der Waals surface area contributed by atoms with Gasteiger partial charge in [-0.15, -0.1) is 0 Å². The normalized spacial score (nSPS) is 11.0. The zero-order chi connectivity index (χ0) is 20.4. The van der Waals surface area contributed by atoms with E-state index in [9.17, 15) is 4.79 Å². The van der Waals surface area contributed by atoms with E-state index in [1.165, 1.54) is 11.8 Å². The Kier molecular flexibility index (Phi) is 5.22. The molecule has 0 radical (unpaired) electrons. The molecular formula is C20H19N7OS. The lowest BCUT2D eigenvalue weighted by Gasteiger charge is -2.07. The maximum atomic E-state index is 11.7. The van der Waals surface area contributed by atoms with Crippen molar-refractivity contribution >= 4 is 29.3 Å². The molecule has 0 aliphatic carbocycles. The fraction of sp³-hybridized carbons (Fsp3) is 0.200. The number of carbonyl (C=O) groups excluding carboxylic acids is 1. The molecule has 9 heteroatoms. The minimum atomic E-state index is -0.102. The molecule has 1 N–H and O–H groups in total. The van der Waals surface area contributed by atoms with Gasteiger partial charge in [0.2, 0.25) is 11.7 Å². The van der Waals surface area contributed by atoms with Crippen molar-refractivity contribution in [3.05, 3.63) is 48.4 Å². The molecule has 0 bridgehead atoms. The number of nitrogens with zero attached hydrogens (tertiary/aromatic N) is 6. The summed E-state index contributed by atoms with van der Waals surface area (Å²) in [5.74, 6) is 0.809. The predicted molar refractivity (Wildman–Crippen MR) is 113 cm³/mol. The highest BCUT2D eigenvalue weighted by Crippen LogP contribution is 2.31. The number of nitrogens with one attached hydrogen (secondary N) is 1. The quantitative estimate of drug-likeness (QED) is 0.400. The van der Waals surface area contributed by atoms with Crippen molar-refractivity contribution in [3.63, 3.8) is 0 Å². The van der Waals surface area contributed by atoms with Gasteiger partial charge in [0, 0.05) is 24.5 Å². The number of imidazole rings is 1. The maximum absolute atomic E-state index is 11.7. The Morgan fingerprint density at radius 2 is 1.97 bits per heavy atom. The van der Waals surface area contributed by atoms with E-state index >= 15 is 0 Å². The highest BCUT2D eigenvalue weighted by Gasteiger charge is 2.20. The van der Waals surface area contributed by atoms with Crippen LogP contribution in [-0.4, -0.2) is 41.5 Å². The Hall–Kier alpha value is -3.33. The Morgan fingerprint density at radius 1 is 1.10 bits per heavy atom. The van der Waals surface area contributed by atoms with E-state index in [0.29, 0.717) is 28.9 Å². The minimum Gasteiger partial charge on any atom is -0.311 e. The average molecular weight is 405 g/mol. The first kappa shape index (κ1) is 19.0. The van der Waals surface area contributed by atoms with E-state index < -0.39 is 0 Å². The second-order valence-corrected chi connectivity index (χ2v) is 7.06. The van der Waals surface area contributed by atoms with Gasteiger partial charge in [-0.05, 0) is 37.4 Å². The van der Waals surface area contributed by atoms with Gasteiger partial charge >= 0.3 is 0 Å². The van der Waals surface area contributed by atoms with Crippen LogP contribution in [0.1, 0.15) is 19.0 Å². The molecule has 4 heterocycles. The second-order valence-electron chi connectivity index (χ2n) is 6.29. The van der Waals surface area contributed by atoms with Crippen LogP contribution in [0, 0.1) is 6.92 Å². The number of fused-ring (bicyclic) bond motifs is 1. The first-order valence-electron chi connectivity index (χ1n) is 9.09. The Balaban J connectivity index is 1.94. The standard InChI is InChI=1S/C20H19N7OS/c1-4-16(28)24-15-9-11-27-18(14-8-10-21-20(23-14)29-3)17(26-19(27)25-15)13-7-5-6-12(2)22-13/h5-11H,4H2,1-3H3,(H,24,25,26,28). The topological polar surface area (TPSA) is 98.0 Å². The van der Waals surface area contributed by atoms with E-state index in [4.69, 9.17) is 4.98 Å². The molecule has 0 aliphatic heterocycles. The summed E-state index contributed by atoms with van der Waals surface area (Å²) in [5.41, 5.74) is 3.79. The van der Waals surface area contributed by atoms with Crippen LogP contribution < -0.4 is 5.32 Å². The Bertz CT molecular complexity index is 1200. The van der Waals surface area contributed by atoms with Gasteiger partial charge in [0.25, 0.3) is 0 Å². The fourth-order valence-corrected chi connectivity index (χ4v) is 3.26. The summed E-state index contributed by atoms with van der Waals surface area (Å²) in [7, 11) is 0. The number of rotatable bonds is 5. The van der Waals surface area contributed by atoms with Crippen LogP contribution in [0.25, 0.3) is 28.6 Å². The number of aromatic nitrogens is 6. The highest BCUT2D eigenvalue weighted by molar-refractivity contribution is 7.98. The Labute approximate surface area is 171 Å². The monoisotopic (exact) mass is 405 g/mol. The van der Waals surface area contributed by atoms with Crippen LogP contribution in [0.5, 0.6) is 0 Å². The zero-order valence-electron chi connectivity index (χ0n) is 16.2. The molecule has 0 fully saturated rings. The number of hydrogen-bond acceptors (Lipinski definition) is 7. The van der Waals surface area contributed by atoms with Crippen LogP contribution in [-0.2, 0) is 4.79 Å². The summed E-state index contributed by atoms with van der Waals surface area (Å²) >= 11 is 1.47. The third-order valence-corrected chi connectivity index (χ3v) is 4.83. The van der Waals surface area contributed by atoms with Crippen molar-refractivity contribution in [3.8, 4) is 22.8 Å². The number of anilines is 1. The number of hydrogen-bond donors (Lipinski definition) is 1. The van der Waals surface area contributed by atoms with E-state index in [-0.39, 0.29) is 5.91 Å². The molecule has 8 nitrogen and oxygen atoms in total. The van der Waals surface area contributed by atoms with E-state index in [0.717, 1.165) is 22.8 Å². The summed E-state index contributed by atoms with van der Waals surface area (Å²) in [5, 5.41) is 3.44. The van der Waals surface area contributed by atoms with Crippen LogP contribution in [0.3, 0.4) is 0 Å². The van der Waals surface area contributed by atoms with Crippen molar-refractivity contribution in [2.45, 2.75) is 25.4 Å². The number of carbonyl (C=O) groups is 1. The van der Waals surface area contributed by atoms with E-state index in [1.807, 2.05) is 48.0 Å². The predicted octanol–water partition coefficient (Wildman–Crippen LogP) is 3.63. The molecule has 0 aliphatic rings. The van der Waals surface area contributed by atoms with E-state index in [2.05, 4.69) is 25.3 Å². The molecule has 0 spiro atoms. The number of pyridine rings is 1. The molecule has 1 amide bonds. The molecule has 4 aromatic rings. The molecule has 0 unspecified atom stereocenters. The summed E-state index contributed by atoms with van der Waals surface area (Å²) in [6.07, 6.45) is 5.87. The first-order valence-corrected chi connectivity index (χ1v) is 10.3. The van der Waals surface area contributed by atoms with Crippen molar-refractivity contribution in [2.24, 2.45) is 0 Å². The van der Waals surface area contributed by atoms with Crippen molar-refractivity contribution in [1.82, 2.24) is 29.3 Å². The summed E-state index contributed by atoms with van der Waals surface area (Å²) in [6.45, 7) is 3.73. The van der Waals surface area contributed by atoms with Gasteiger partial charge in [-0.25, -0.2) is 15.0 Å². The van der Waals surface area contributed by atoms with Crippen LogP contribution >= 0.6 is 11.8 Å². The third kappa shape index (κ3) is 3.81. The van der Waals surface area contributed by atoms with Gasteiger partial charge in [-0.3, -0.25) is 14.2 Å². The van der Waals surface area contributed by atoms with Crippen molar-refractivity contribution < 1.29 is 4.79 Å². The zero-order valence-corrected chi connectivity index (χ0v) is 17.1. The molecule has 0 saturated carbocycles. The van der Waals surface area contributed by atoms with E-state index in [1.54, 1.807) is 19.2 Å². The molecule has 0 aromatic carbocycles. The molecule has 4 aromatic heterocycles. The third-order valence-electron chi connectivity index (χ3n) is 4.27. The highest BCUT2D eigenvalue weighted by atomic mass is 32.2. The first-order chi connectivity index (χ1) is 14.1. The van der Waals surface area contributed by atoms with Gasteiger partial charge in [0.15, 0.2) is 5.16 Å². The molecule has 146 valence electrons. The summed E-state index contributed by atoms with van der Waals surface area (Å²) in [6, 6.07) is 9.38. The van der Waals surface area contributed by atoms with Gasteiger partial charge < -0.3 is 5.32 Å². The summed E-state index contributed by atoms with van der Waals surface area (Å²) < 4.78 is 1.85. The number of amides is 1. The molecule has 0 saturated heterocycles. The van der Waals surface area contributed by atoms with Crippen LogP contribution in [0.2, 0.25) is 0 Å². The molecule has 0 atom stereocenters. The Morgan fingerprint density at radius 3 is 2.72 bits per heavy atom. The van der Waals surface area contributed by atoms with Crippen LogP contribution in [0.4, 0.5) is 5.82 Å².